The summed E-state index contributed by atoms with van der Waals surface area (Å²) < 4.78 is 0. The molecule has 1 amide bonds. The van der Waals surface area contributed by atoms with Crippen molar-refractivity contribution in [2.75, 3.05) is 17.2 Å². The minimum Gasteiger partial charge on any atom is -0.370 e. The van der Waals surface area contributed by atoms with Crippen LogP contribution >= 0.6 is 11.6 Å². The first-order valence-corrected chi connectivity index (χ1v) is 9.01. The summed E-state index contributed by atoms with van der Waals surface area (Å²) in [4.78, 5) is 24.1. The van der Waals surface area contributed by atoms with E-state index in [9.17, 15) is 4.79 Å². The lowest BCUT2D eigenvalue weighted by atomic mass is 10.2. The van der Waals surface area contributed by atoms with Gasteiger partial charge in [-0.1, -0.05) is 17.7 Å². The molecular formula is C19H19ClN6O2. The molecule has 0 aliphatic rings. The lowest BCUT2D eigenvalue weighted by Gasteiger charge is -2.09. The number of hydrogen-bond donors (Lipinski definition) is 4. The summed E-state index contributed by atoms with van der Waals surface area (Å²) in [6.07, 6.45) is 4.16. The van der Waals surface area contributed by atoms with Crippen LogP contribution in [-0.4, -0.2) is 32.6 Å². The maximum atomic E-state index is 11.0. The molecule has 0 aliphatic carbocycles. The van der Waals surface area contributed by atoms with Crippen LogP contribution in [0.25, 0.3) is 11.3 Å². The Bertz CT molecular complexity index is 953. The molecule has 0 bridgehead atoms. The second-order valence-corrected chi connectivity index (χ2v) is 6.33. The highest BCUT2D eigenvalue weighted by Crippen LogP contribution is 2.22. The second kappa shape index (κ2) is 9.63. The number of halogens is 1. The number of rotatable bonds is 8. The molecule has 0 saturated carbocycles. The first-order valence-electron chi connectivity index (χ1n) is 8.63. The molecule has 3 aromatic rings. The van der Waals surface area contributed by atoms with E-state index in [-0.39, 0.29) is 6.42 Å². The predicted octanol–water partition coefficient (Wildman–Crippen LogP) is 3.63. The Hall–Kier alpha value is -3.23. The van der Waals surface area contributed by atoms with Gasteiger partial charge in [0.1, 0.15) is 5.82 Å². The lowest BCUT2D eigenvalue weighted by molar-refractivity contribution is -0.129. The molecule has 28 heavy (non-hydrogen) atoms. The summed E-state index contributed by atoms with van der Waals surface area (Å²) in [6, 6.07) is 12.9. The highest BCUT2D eigenvalue weighted by atomic mass is 35.5. The van der Waals surface area contributed by atoms with Crippen LogP contribution in [0.15, 0.2) is 54.9 Å². The van der Waals surface area contributed by atoms with Gasteiger partial charge in [0, 0.05) is 41.6 Å². The van der Waals surface area contributed by atoms with Gasteiger partial charge in [-0.25, -0.2) is 20.4 Å². The average molecular weight is 399 g/mol. The average Bonchev–Trinajstić information content (AvgIpc) is 2.71. The first kappa shape index (κ1) is 19.5. The number of hydroxylamine groups is 1. The third-order valence-corrected chi connectivity index (χ3v) is 4.04. The number of carbonyl (C=O) groups excluding carboxylic acids is 1. The van der Waals surface area contributed by atoms with Crippen molar-refractivity contribution in [3.05, 3.63) is 59.9 Å². The van der Waals surface area contributed by atoms with E-state index in [0.29, 0.717) is 29.8 Å². The predicted molar refractivity (Wildman–Crippen MR) is 108 cm³/mol. The number of pyridine rings is 1. The largest absolute Gasteiger partial charge is 0.370 e. The van der Waals surface area contributed by atoms with Gasteiger partial charge in [-0.05, 0) is 42.8 Å². The normalized spacial score (nSPS) is 10.4. The summed E-state index contributed by atoms with van der Waals surface area (Å²) in [7, 11) is 0. The van der Waals surface area contributed by atoms with Crippen LogP contribution in [0, 0.1) is 0 Å². The third-order valence-electron chi connectivity index (χ3n) is 3.80. The summed E-state index contributed by atoms with van der Waals surface area (Å²) in [5, 5.41) is 15.4. The zero-order chi connectivity index (χ0) is 19.8. The van der Waals surface area contributed by atoms with Gasteiger partial charge >= 0.3 is 0 Å². The van der Waals surface area contributed by atoms with Crippen molar-refractivity contribution in [3.8, 4) is 11.3 Å². The molecule has 0 unspecified atom stereocenters. The molecule has 2 aromatic heterocycles. The summed E-state index contributed by atoms with van der Waals surface area (Å²) in [5.74, 6) is 0.718. The monoisotopic (exact) mass is 398 g/mol. The van der Waals surface area contributed by atoms with Gasteiger partial charge in [-0.15, -0.1) is 0 Å². The van der Waals surface area contributed by atoms with Crippen LogP contribution in [-0.2, 0) is 4.79 Å². The van der Waals surface area contributed by atoms with Crippen LogP contribution in [0.4, 0.5) is 17.5 Å². The van der Waals surface area contributed by atoms with E-state index in [2.05, 4.69) is 25.6 Å². The summed E-state index contributed by atoms with van der Waals surface area (Å²) in [6.45, 7) is 0.551. The van der Waals surface area contributed by atoms with Crippen molar-refractivity contribution >= 4 is 35.0 Å². The van der Waals surface area contributed by atoms with Crippen LogP contribution < -0.4 is 16.1 Å². The second-order valence-electron chi connectivity index (χ2n) is 5.90. The molecule has 8 nitrogen and oxygen atoms in total. The Morgan fingerprint density at radius 2 is 1.96 bits per heavy atom. The van der Waals surface area contributed by atoms with Crippen molar-refractivity contribution in [2.45, 2.75) is 12.8 Å². The van der Waals surface area contributed by atoms with E-state index in [1.165, 1.54) is 0 Å². The standard InChI is InChI=1S/C19H19ClN6O2/c20-14-3-1-4-15(12-14)24-19-23-10-7-16(25-19)13-6-9-22-17(11-13)21-8-2-5-18(27)26-28/h1,3-4,6-7,9-12,28H,2,5,8H2,(H,21,22)(H,26,27)(H,23,24,25). The van der Waals surface area contributed by atoms with Crippen molar-refractivity contribution in [1.29, 1.82) is 0 Å². The zero-order valence-electron chi connectivity index (χ0n) is 14.9. The topological polar surface area (TPSA) is 112 Å². The quantitative estimate of drug-likeness (QED) is 0.260. The zero-order valence-corrected chi connectivity index (χ0v) is 15.6. The van der Waals surface area contributed by atoms with E-state index < -0.39 is 5.91 Å². The Labute approximate surface area is 167 Å². The smallest absolute Gasteiger partial charge is 0.243 e. The van der Waals surface area contributed by atoms with Crippen LogP contribution in [0.2, 0.25) is 5.02 Å². The van der Waals surface area contributed by atoms with Crippen molar-refractivity contribution in [3.63, 3.8) is 0 Å². The van der Waals surface area contributed by atoms with Crippen molar-refractivity contribution < 1.29 is 10.0 Å². The number of aromatic nitrogens is 3. The minimum atomic E-state index is -0.413. The van der Waals surface area contributed by atoms with Gasteiger partial charge in [0.25, 0.3) is 0 Å². The molecule has 0 fully saturated rings. The molecule has 0 aliphatic heterocycles. The Kier molecular flexibility index (Phi) is 6.72. The van der Waals surface area contributed by atoms with Crippen LogP contribution in [0.3, 0.4) is 0 Å². The molecule has 0 saturated heterocycles. The molecule has 144 valence electrons. The molecule has 2 heterocycles. The number of anilines is 3. The van der Waals surface area contributed by atoms with E-state index in [1.807, 2.05) is 30.3 Å². The Morgan fingerprint density at radius 1 is 1.11 bits per heavy atom. The lowest BCUT2D eigenvalue weighted by Crippen LogP contribution is -2.19. The van der Waals surface area contributed by atoms with E-state index >= 15 is 0 Å². The third kappa shape index (κ3) is 5.63. The number of benzene rings is 1. The fourth-order valence-corrected chi connectivity index (χ4v) is 2.67. The maximum absolute atomic E-state index is 11.0. The number of nitrogens with one attached hydrogen (secondary N) is 3. The number of amides is 1. The molecule has 4 N–H and O–H groups in total. The number of hydrogen-bond acceptors (Lipinski definition) is 7. The highest BCUT2D eigenvalue weighted by molar-refractivity contribution is 6.30. The fraction of sp³-hybridized carbons (Fsp3) is 0.158. The van der Waals surface area contributed by atoms with Gasteiger partial charge in [-0.3, -0.25) is 10.0 Å². The van der Waals surface area contributed by atoms with Crippen LogP contribution in [0.1, 0.15) is 12.8 Å². The van der Waals surface area contributed by atoms with Crippen LogP contribution in [0.5, 0.6) is 0 Å². The van der Waals surface area contributed by atoms with E-state index in [0.717, 1.165) is 16.9 Å². The summed E-state index contributed by atoms with van der Waals surface area (Å²) >= 11 is 6.00. The molecule has 0 atom stereocenters. The van der Waals surface area contributed by atoms with Gasteiger partial charge in [0.2, 0.25) is 11.9 Å². The number of nitrogens with zero attached hydrogens (tertiary/aromatic N) is 3. The van der Waals surface area contributed by atoms with Gasteiger partial charge in [0.15, 0.2) is 0 Å². The van der Waals surface area contributed by atoms with Gasteiger partial charge in [0.05, 0.1) is 5.69 Å². The number of carbonyl (C=O) groups is 1. The SMILES string of the molecule is O=C(CCCNc1cc(-c2ccnc(Nc3cccc(Cl)c3)n2)ccn1)NO. The van der Waals surface area contributed by atoms with E-state index in [4.69, 9.17) is 16.8 Å². The fourth-order valence-electron chi connectivity index (χ4n) is 2.48. The van der Waals surface area contributed by atoms with E-state index in [1.54, 1.807) is 30.0 Å². The molecule has 9 heteroatoms. The molecular weight excluding hydrogens is 380 g/mol. The summed E-state index contributed by atoms with van der Waals surface area (Å²) in [5.41, 5.74) is 4.03. The van der Waals surface area contributed by atoms with Crippen molar-refractivity contribution in [2.24, 2.45) is 0 Å². The molecule has 3 rings (SSSR count). The maximum Gasteiger partial charge on any atom is 0.243 e. The van der Waals surface area contributed by atoms with Gasteiger partial charge < -0.3 is 10.6 Å². The Morgan fingerprint density at radius 3 is 2.79 bits per heavy atom. The van der Waals surface area contributed by atoms with Gasteiger partial charge in [-0.2, -0.15) is 0 Å². The van der Waals surface area contributed by atoms with Crippen molar-refractivity contribution in [1.82, 2.24) is 20.4 Å². The molecule has 0 radical (unpaired) electrons. The Balaban J connectivity index is 1.67. The first-order chi connectivity index (χ1) is 13.6. The molecule has 1 aromatic carbocycles. The molecule has 0 spiro atoms. The highest BCUT2D eigenvalue weighted by Gasteiger charge is 2.05. The minimum absolute atomic E-state index is 0.230.